The zero-order valence-corrected chi connectivity index (χ0v) is 14.0. The average Bonchev–Trinajstić information content (AvgIpc) is 3.15. The van der Waals surface area contributed by atoms with E-state index in [0.29, 0.717) is 24.7 Å². The monoisotopic (exact) mass is 336 g/mol. The number of halogens is 1. The summed E-state index contributed by atoms with van der Waals surface area (Å²) in [5.74, 6) is 0.0605. The maximum Gasteiger partial charge on any atom is 0.237 e. The van der Waals surface area contributed by atoms with Gasteiger partial charge in [-0.05, 0) is 38.9 Å². The van der Waals surface area contributed by atoms with Gasteiger partial charge in [-0.1, -0.05) is 18.2 Å². The van der Waals surface area contributed by atoms with Crippen LogP contribution in [0.3, 0.4) is 0 Å². The molecule has 1 aromatic rings. The number of hydrogen-bond acceptors (Lipinski definition) is 4. The number of hydrogen-bond donors (Lipinski definition) is 1. The van der Waals surface area contributed by atoms with Gasteiger partial charge in [0.1, 0.15) is 5.82 Å². The van der Waals surface area contributed by atoms with Crippen molar-refractivity contribution >= 4 is 5.91 Å². The highest BCUT2D eigenvalue weighted by molar-refractivity contribution is 5.81. The third kappa shape index (κ3) is 4.12. The van der Waals surface area contributed by atoms with Gasteiger partial charge in [-0.25, -0.2) is 4.39 Å². The second kappa shape index (κ2) is 8.05. The van der Waals surface area contributed by atoms with Crippen LogP contribution < -0.4 is 5.32 Å². The number of rotatable bonds is 5. The van der Waals surface area contributed by atoms with Crippen LogP contribution in [0.1, 0.15) is 25.3 Å². The van der Waals surface area contributed by atoms with Gasteiger partial charge in [0.25, 0.3) is 0 Å². The smallest absolute Gasteiger partial charge is 0.237 e. The van der Waals surface area contributed by atoms with E-state index < -0.39 is 0 Å². The molecule has 2 saturated heterocycles. The quantitative estimate of drug-likeness (QED) is 0.892. The minimum absolute atomic E-state index is 0.0648. The maximum absolute atomic E-state index is 13.6. The summed E-state index contributed by atoms with van der Waals surface area (Å²) in [6, 6.07) is 6.29. The Morgan fingerprint density at radius 3 is 2.62 bits per heavy atom. The third-order valence-electron chi connectivity index (χ3n) is 4.94. The lowest BCUT2D eigenvalue weighted by Gasteiger charge is -2.36. The lowest BCUT2D eigenvalue weighted by molar-refractivity contribution is -0.128. The summed E-state index contributed by atoms with van der Waals surface area (Å²) < 4.78 is 24.8. The Bertz CT molecular complexity index is 555. The molecule has 1 unspecified atom stereocenters. The molecule has 1 N–H and O–H groups in total. The molecule has 2 aliphatic rings. The summed E-state index contributed by atoms with van der Waals surface area (Å²) in [7, 11) is 0. The van der Waals surface area contributed by atoms with Crippen LogP contribution in [0.25, 0.3) is 0 Å². The second-order valence-electron chi connectivity index (χ2n) is 6.47. The van der Waals surface area contributed by atoms with E-state index in [-0.39, 0.29) is 30.6 Å². The van der Waals surface area contributed by atoms with Crippen molar-refractivity contribution < 1.29 is 18.7 Å². The van der Waals surface area contributed by atoms with E-state index in [1.165, 1.54) is 6.07 Å². The molecule has 2 aliphatic heterocycles. The van der Waals surface area contributed by atoms with Crippen LogP contribution in [-0.2, 0) is 20.8 Å². The van der Waals surface area contributed by atoms with Crippen LogP contribution in [0, 0.1) is 11.7 Å². The van der Waals surface area contributed by atoms with Gasteiger partial charge in [-0.2, -0.15) is 0 Å². The van der Waals surface area contributed by atoms with Crippen molar-refractivity contribution in [3.63, 3.8) is 0 Å². The van der Waals surface area contributed by atoms with Crippen LogP contribution in [0.15, 0.2) is 24.3 Å². The molecule has 6 heteroatoms. The van der Waals surface area contributed by atoms with E-state index >= 15 is 0 Å². The predicted octanol–water partition coefficient (Wildman–Crippen LogP) is 1.92. The summed E-state index contributed by atoms with van der Waals surface area (Å²) in [5.41, 5.74) is 0.507. The topological polar surface area (TPSA) is 50.8 Å². The first kappa shape index (κ1) is 17.3. The van der Waals surface area contributed by atoms with Crippen LogP contribution in [0.2, 0.25) is 0 Å². The van der Waals surface area contributed by atoms with E-state index in [1.807, 2.05) is 6.92 Å². The SMILES string of the molecule is CC(C(=O)NCc1ccccc1F)N1CCC(C2OCCO2)CC1. The zero-order valence-electron chi connectivity index (χ0n) is 14.0. The number of carbonyl (C=O) groups excluding carboxylic acids is 1. The van der Waals surface area contributed by atoms with Gasteiger partial charge in [0.2, 0.25) is 5.91 Å². The molecule has 24 heavy (non-hydrogen) atoms. The van der Waals surface area contributed by atoms with E-state index in [4.69, 9.17) is 9.47 Å². The van der Waals surface area contributed by atoms with Crippen LogP contribution in [-0.4, -0.2) is 49.4 Å². The minimum Gasteiger partial charge on any atom is -0.351 e. The predicted molar refractivity (Wildman–Crippen MR) is 87.7 cm³/mol. The zero-order chi connectivity index (χ0) is 16.9. The fourth-order valence-electron chi connectivity index (χ4n) is 3.37. The summed E-state index contributed by atoms with van der Waals surface area (Å²) >= 11 is 0. The van der Waals surface area contributed by atoms with Crippen molar-refractivity contribution in [2.75, 3.05) is 26.3 Å². The first-order chi connectivity index (χ1) is 11.6. The number of carbonyl (C=O) groups is 1. The molecule has 0 aliphatic carbocycles. The van der Waals surface area contributed by atoms with E-state index in [2.05, 4.69) is 10.2 Å². The molecule has 2 fully saturated rings. The Labute approximate surface area is 142 Å². The molecule has 0 aromatic heterocycles. The van der Waals surface area contributed by atoms with E-state index in [0.717, 1.165) is 25.9 Å². The Balaban J connectivity index is 1.45. The Kier molecular flexibility index (Phi) is 5.81. The van der Waals surface area contributed by atoms with Gasteiger partial charge < -0.3 is 14.8 Å². The first-order valence-corrected chi connectivity index (χ1v) is 8.63. The second-order valence-corrected chi connectivity index (χ2v) is 6.47. The highest BCUT2D eigenvalue weighted by atomic mass is 19.1. The molecule has 1 amide bonds. The Morgan fingerprint density at radius 2 is 1.96 bits per heavy atom. The Hall–Kier alpha value is -1.50. The van der Waals surface area contributed by atoms with Crippen molar-refractivity contribution in [3.8, 4) is 0 Å². The van der Waals surface area contributed by atoms with Crippen molar-refractivity contribution in [2.45, 2.75) is 38.6 Å². The molecule has 0 radical (unpaired) electrons. The van der Waals surface area contributed by atoms with Crippen molar-refractivity contribution in [3.05, 3.63) is 35.6 Å². The summed E-state index contributed by atoms with van der Waals surface area (Å²) in [6.45, 7) is 5.18. The van der Waals surface area contributed by atoms with Gasteiger partial charge in [-0.15, -0.1) is 0 Å². The molecule has 1 aromatic carbocycles. The lowest BCUT2D eigenvalue weighted by atomic mass is 9.95. The molecule has 0 bridgehead atoms. The minimum atomic E-state index is -0.289. The standard InChI is InChI=1S/C18H25FN2O3/c1-13(17(22)20-12-15-4-2-3-5-16(15)19)21-8-6-14(7-9-21)18-23-10-11-24-18/h2-5,13-14,18H,6-12H2,1H3,(H,20,22). The van der Waals surface area contributed by atoms with E-state index in [9.17, 15) is 9.18 Å². The molecule has 5 nitrogen and oxygen atoms in total. The van der Waals surface area contributed by atoms with Gasteiger partial charge in [0, 0.05) is 18.0 Å². The summed E-state index contributed by atoms with van der Waals surface area (Å²) in [6.07, 6.45) is 1.86. The summed E-state index contributed by atoms with van der Waals surface area (Å²) in [5, 5.41) is 2.83. The number of benzene rings is 1. The molecule has 3 rings (SSSR count). The summed E-state index contributed by atoms with van der Waals surface area (Å²) in [4.78, 5) is 14.5. The molecular weight excluding hydrogens is 311 g/mol. The fraction of sp³-hybridized carbons (Fsp3) is 0.611. The van der Waals surface area contributed by atoms with Gasteiger partial charge in [-0.3, -0.25) is 9.69 Å². The number of ether oxygens (including phenoxy) is 2. The molecule has 132 valence electrons. The normalized spacial score (nSPS) is 21.8. The first-order valence-electron chi connectivity index (χ1n) is 8.63. The number of nitrogens with zero attached hydrogens (tertiary/aromatic N) is 1. The highest BCUT2D eigenvalue weighted by Crippen LogP contribution is 2.26. The van der Waals surface area contributed by atoms with Crippen LogP contribution in [0.4, 0.5) is 4.39 Å². The number of piperidine rings is 1. The van der Waals surface area contributed by atoms with Crippen molar-refractivity contribution in [2.24, 2.45) is 5.92 Å². The largest absolute Gasteiger partial charge is 0.351 e. The molecule has 1 atom stereocenters. The Morgan fingerprint density at radius 1 is 1.29 bits per heavy atom. The molecule has 2 heterocycles. The van der Waals surface area contributed by atoms with Gasteiger partial charge >= 0.3 is 0 Å². The third-order valence-corrected chi connectivity index (χ3v) is 4.94. The highest BCUT2D eigenvalue weighted by Gasteiger charge is 2.33. The lowest BCUT2D eigenvalue weighted by Crippen LogP contribution is -2.49. The average molecular weight is 336 g/mol. The van der Waals surface area contributed by atoms with Crippen molar-refractivity contribution in [1.82, 2.24) is 10.2 Å². The van der Waals surface area contributed by atoms with E-state index in [1.54, 1.807) is 18.2 Å². The van der Waals surface area contributed by atoms with Crippen molar-refractivity contribution in [1.29, 1.82) is 0 Å². The number of nitrogens with one attached hydrogen (secondary N) is 1. The van der Waals surface area contributed by atoms with Gasteiger partial charge in [0.05, 0.1) is 19.3 Å². The van der Waals surface area contributed by atoms with Gasteiger partial charge in [0.15, 0.2) is 6.29 Å². The van der Waals surface area contributed by atoms with Crippen LogP contribution >= 0.6 is 0 Å². The number of likely N-dealkylation sites (tertiary alicyclic amines) is 1. The van der Waals surface area contributed by atoms with Crippen LogP contribution in [0.5, 0.6) is 0 Å². The molecule has 0 spiro atoms. The molecular formula is C18H25FN2O3. The fourth-order valence-corrected chi connectivity index (χ4v) is 3.37. The molecule has 0 saturated carbocycles. The number of amides is 1. The maximum atomic E-state index is 13.6.